The van der Waals surface area contributed by atoms with Crippen molar-refractivity contribution in [1.29, 1.82) is 0 Å². The van der Waals surface area contributed by atoms with Gasteiger partial charge in [-0.2, -0.15) is 0 Å². The van der Waals surface area contributed by atoms with Gasteiger partial charge in [0, 0.05) is 6.54 Å². The summed E-state index contributed by atoms with van der Waals surface area (Å²) in [5.74, 6) is 1.52. The van der Waals surface area contributed by atoms with E-state index in [2.05, 4.69) is 5.32 Å². The summed E-state index contributed by atoms with van der Waals surface area (Å²) in [6.07, 6.45) is 2.00. The lowest BCUT2D eigenvalue weighted by atomic mass is 9.96. The highest BCUT2D eigenvalue weighted by Crippen LogP contribution is 2.42. The molecule has 1 aromatic rings. The highest BCUT2D eigenvalue weighted by molar-refractivity contribution is 6.07. The highest BCUT2D eigenvalue weighted by Gasteiger charge is 2.56. The van der Waals surface area contributed by atoms with Crippen LogP contribution in [0.4, 0.5) is 4.79 Å². The summed E-state index contributed by atoms with van der Waals surface area (Å²) >= 11 is 0. The Morgan fingerprint density at radius 3 is 2.65 bits per heavy atom. The fraction of sp³-hybridized carbons (Fsp3) is 0.579. The number of carbonyl (C=O) groups is 2. The maximum Gasteiger partial charge on any atom is 0.326 e. The smallest absolute Gasteiger partial charge is 0.326 e. The van der Waals surface area contributed by atoms with E-state index in [9.17, 15) is 9.59 Å². The van der Waals surface area contributed by atoms with Crippen molar-refractivity contribution in [2.75, 3.05) is 27.4 Å². The third-order valence-corrected chi connectivity index (χ3v) is 5.06. The molecule has 1 aliphatic heterocycles. The molecule has 0 aromatic heterocycles. The van der Waals surface area contributed by atoms with Crippen molar-refractivity contribution in [2.24, 2.45) is 5.92 Å². The number of nitrogens with zero attached hydrogens (tertiary/aromatic N) is 2. The maximum absolute atomic E-state index is 12.7. The SMILES string of the molecule is CCOc1ccc(CN(C)CN2C(=O)N[C@](C)(C3CC3)C2=O)cc1OC. The van der Waals surface area contributed by atoms with Crippen LogP contribution in [-0.4, -0.2) is 54.7 Å². The first kappa shape index (κ1) is 18.5. The predicted molar refractivity (Wildman–Crippen MR) is 97.0 cm³/mol. The molecule has 7 heteroatoms. The maximum atomic E-state index is 12.7. The Labute approximate surface area is 154 Å². The summed E-state index contributed by atoms with van der Waals surface area (Å²) in [6, 6.07) is 5.45. The summed E-state index contributed by atoms with van der Waals surface area (Å²) in [6.45, 7) is 5.17. The van der Waals surface area contributed by atoms with Crippen LogP contribution in [0.1, 0.15) is 32.3 Å². The molecule has 26 heavy (non-hydrogen) atoms. The Kier molecular flexibility index (Phi) is 5.09. The Morgan fingerprint density at radius 1 is 1.31 bits per heavy atom. The molecule has 2 aliphatic rings. The van der Waals surface area contributed by atoms with Gasteiger partial charge in [-0.1, -0.05) is 6.07 Å². The minimum absolute atomic E-state index is 0.124. The normalized spacial score (nSPS) is 22.7. The first-order chi connectivity index (χ1) is 12.4. The Balaban J connectivity index is 1.64. The number of ether oxygens (including phenoxy) is 2. The fourth-order valence-corrected chi connectivity index (χ4v) is 3.47. The van der Waals surface area contributed by atoms with Gasteiger partial charge in [0.15, 0.2) is 11.5 Å². The Hall–Kier alpha value is -2.28. The van der Waals surface area contributed by atoms with Crippen LogP contribution in [0.3, 0.4) is 0 Å². The van der Waals surface area contributed by atoms with Gasteiger partial charge in [-0.3, -0.25) is 9.69 Å². The van der Waals surface area contributed by atoms with Gasteiger partial charge in [-0.25, -0.2) is 9.69 Å². The van der Waals surface area contributed by atoms with E-state index >= 15 is 0 Å². The molecule has 3 rings (SSSR count). The summed E-state index contributed by atoms with van der Waals surface area (Å²) in [5.41, 5.74) is 0.283. The number of imide groups is 1. The largest absolute Gasteiger partial charge is 0.493 e. The van der Waals surface area contributed by atoms with Gasteiger partial charge >= 0.3 is 6.03 Å². The van der Waals surface area contributed by atoms with Crippen LogP contribution in [0.15, 0.2) is 18.2 Å². The highest BCUT2D eigenvalue weighted by atomic mass is 16.5. The molecule has 0 unspecified atom stereocenters. The van der Waals surface area contributed by atoms with Crippen LogP contribution < -0.4 is 14.8 Å². The average molecular weight is 361 g/mol. The lowest BCUT2D eigenvalue weighted by molar-refractivity contribution is -0.132. The molecule has 1 aliphatic carbocycles. The van der Waals surface area contributed by atoms with Crippen LogP contribution in [0, 0.1) is 5.92 Å². The van der Waals surface area contributed by atoms with Crippen molar-refractivity contribution < 1.29 is 19.1 Å². The molecule has 1 N–H and O–H groups in total. The molecule has 0 radical (unpaired) electrons. The van der Waals surface area contributed by atoms with E-state index in [-0.39, 0.29) is 24.5 Å². The second-order valence-electron chi connectivity index (χ2n) is 7.21. The molecular weight excluding hydrogens is 334 g/mol. The van der Waals surface area contributed by atoms with E-state index in [4.69, 9.17) is 9.47 Å². The second kappa shape index (κ2) is 7.15. The Bertz CT molecular complexity index is 704. The van der Waals surface area contributed by atoms with Crippen molar-refractivity contribution in [2.45, 2.75) is 38.8 Å². The van der Waals surface area contributed by atoms with Crippen molar-refractivity contribution in [3.05, 3.63) is 23.8 Å². The first-order valence-electron chi connectivity index (χ1n) is 9.01. The van der Waals surface area contributed by atoms with Gasteiger partial charge in [-0.15, -0.1) is 0 Å². The molecular formula is C19H27N3O4. The van der Waals surface area contributed by atoms with E-state index in [0.29, 0.717) is 24.7 Å². The molecule has 7 nitrogen and oxygen atoms in total. The van der Waals surface area contributed by atoms with Gasteiger partial charge in [0.05, 0.1) is 20.4 Å². The van der Waals surface area contributed by atoms with Gasteiger partial charge in [-0.05, 0) is 57.4 Å². The zero-order valence-electron chi connectivity index (χ0n) is 15.9. The second-order valence-corrected chi connectivity index (χ2v) is 7.21. The number of urea groups is 1. The molecule has 0 spiro atoms. The molecule has 0 bridgehead atoms. The van der Waals surface area contributed by atoms with Crippen LogP contribution in [-0.2, 0) is 11.3 Å². The Morgan fingerprint density at radius 2 is 2.04 bits per heavy atom. The van der Waals surface area contributed by atoms with Crippen molar-refractivity contribution >= 4 is 11.9 Å². The average Bonchev–Trinajstić information content (AvgIpc) is 3.43. The number of rotatable bonds is 8. The molecule has 3 amide bonds. The van der Waals surface area contributed by atoms with Crippen molar-refractivity contribution in [3.63, 3.8) is 0 Å². The fourth-order valence-electron chi connectivity index (χ4n) is 3.47. The quantitative estimate of drug-likeness (QED) is 0.719. The topological polar surface area (TPSA) is 71.1 Å². The lowest BCUT2D eigenvalue weighted by Gasteiger charge is -2.24. The molecule has 1 saturated heterocycles. The monoisotopic (exact) mass is 361 g/mol. The summed E-state index contributed by atoms with van der Waals surface area (Å²) in [5, 5.41) is 2.88. The van der Waals surface area contributed by atoms with Gasteiger partial charge in [0.25, 0.3) is 5.91 Å². The van der Waals surface area contributed by atoms with Crippen molar-refractivity contribution in [1.82, 2.24) is 15.1 Å². The predicted octanol–water partition coefficient (Wildman–Crippen LogP) is 2.20. The minimum Gasteiger partial charge on any atom is -0.493 e. The lowest BCUT2D eigenvalue weighted by Crippen LogP contribution is -2.46. The third kappa shape index (κ3) is 3.49. The van der Waals surface area contributed by atoms with Gasteiger partial charge in [0.2, 0.25) is 0 Å². The molecule has 1 heterocycles. The van der Waals surface area contributed by atoms with E-state index in [0.717, 1.165) is 18.4 Å². The number of methoxy groups -OCH3 is 1. The van der Waals surface area contributed by atoms with E-state index in [1.54, 1.807) is 7.11 Å². The summed E-state index contributed by atoms with van der Waals surface area (Å²) in [7, 11) is 3.49. The standard InChI is InChI=1S/C19H27N3O4/c1-5-26-15-9-6-13(10-16(15)25-4)11-21(3)12-22-17(23)19(2,14-7-8-14)20-18(22)24/h6,9-10,14H,5,7-8,11-12H2,1-4H3,(H,20,24)/t19-/m1/s1. The van der Waals surface area contributed by atoms with Crippen LogP contribution in [0.2, 0.25) is 0 Å². The molecule has 1 saturated carbocycles. The summed E-state index contributed by atoms with van der Waals surface area (Å²) < 4.78 is 10.9. The van der Waals surface area contributed by atoms with E-state index in [1.165, 1.54) is 4.90 Å². The molecule has 2 fully saturated rings. The molecule has 1 atom stereocenters. The van der Waals surface area contributed by atoms with Gasteiger partial charge in [0.1, 0.15) is 5.54 Å². The van der Waals surface area contributed by atoms with Crippen LogP contribution in [0.25, 0.3) is 0 Å². The van der Waals surface area contributed by atoms with Crippen molar-refractivity contribution in [3.8, 4) is 11.5 Å². The molecule has 1 aromatic carbocycles. The number of carbonyl (C=O) groups excluding carboxylic acids is 2. The number of amides is 3. The minimum atomic E-state index is -0.736. The third-order valence-electron chi connectivity index (χ3n) is 5.06. The summed E-state index contributed by atoms with van der Waals surface area (Å²) in [4.78, 5) is 28.2. The van der Waals surface area contributed by atoms with Crippen LogP contribution >= 0.6 is 0 Å². The van der Waals surface area contributed by atoms with E-state index in [1.807, 2.05) is 44.0 Å². The number of benzene rings is 1. The van der Waals surface area contributed by atoms with E-state index < -0.39 is 5.54 Å². The number of hydrogen-bond acceptors (Lipinski definition) is 5. The number of nitrogens with one attached hydrogen (secondary N) is 1. The van der Waals surface area contributed by atoms with Gasteiger partial charge < -0.3 is 14.8 Å². The number of hydrogen-bond donors (Lipinski definition) is 1. The molecule has 142 valence electrons. The zero-order chi connectivity index (χ0) is 18.9. The first-order valence-corrected chi connectivity index (χ1v) is 9.01. The van der Waals surface area contributed by atoms with Crippen LogP contribution in [0.5, 0.6) is 11.5 Å². The zero-order valence-corrected chi connectivity index (χ0v) is 15.9.